The van der Waals surface area contributed by atoms with Crippen molar-refractivity contribution in [2.75, 3.05) is 18.5 Å². The van der Waals surface area contributed by atoms with E-state index < -0.39 is 17.7 Å². The van der Waals surface area contributed by atoms with Crippen molar-refractivity contribution in [2.45, 2.75) is 44.9 Å². The Morgan fingerprint density at radius 3 is 2.68 bits per heavy atom. The molecule has 1 aromatic carbocycles. The number of aromatic carboxylic acids is 1. The molecule has 0 bridgehead atoms. The highest BCUT2D eigenvalue weighted by Crippen LogP contribution is 2.24. The third-order valence-corrected chi connectivity index (χ3v) is 4.10. The molecule has 1 amide bonds. The van der Waals surface area contributed by atoms with Gasteiger partial charge in [-0.1, -0.05) is 15.9 Å². The molecule has 0 aliphatic carbocycles. The van der Waals surface area contributed by atoms with Crippen molar-refractivity contribution < 1.29 is 24.2 Å². The second-order valence-electron chi connectivity index (χ2n) is 6.86. The minimum atomic E-state index is -1.02. The van der Waals surface area contributed by atoms with Crippen molar-refractivity contribution in [1.82, 2.24) is 5.32 Å². The molecule has 1 fully saturated rings. The van der Waals surface area contributed by atoms with Crippen LogP contribution in [-0.4, -0.2) is 48.1 Å². The number of carbonyl (C=O) groups excluding carboxylic acids is 1. The fourth-order valence-corrected chi connectivity index (χ4v) is 2.90. The van der Waals surface area contributed by atoms with Crippen molar-refractivity contribution in [3.8, 4) is 0 Å². The Balaban J connectivity index is 2.12. The van der Waals surface area contributed by atoms with E-state index in [0.717, 1.165) is 4.47 Å². The van der Waals surface area contributed by atoms with Gasteiger partial charge in [0.15, 0.2) is 0 Å². The highest BCUT2D eigenvalue weighted by molar-refractivity contribution is 9.10. The van der Waals surface area contributed by atoms with Crippen LogP contribution in [0.4, 0.5) is 10.5 Å². The van der Waals surface area contributed by atoms with Crippen LogP contribution in [-0.2, 0) is 9.47 Å². The number of benzene rings is 1. The first-order chi connectivity index (χ1) is 11.7. The van der Waals surface area contributed by atoms with Gasteiger partial charge in [0, 0.05) is 11.1 Å². The Bertz CT molecular complexity index is 644. The SMILES string of the molecule is CC(C)(C)OC(=O)N[C@H]1COCC[C@H]1Nc1cc(Br)ccc1C(=O)O. The first-order valence-electron chi connectivity index (χ1n) is 8.02. The number of halogens is 1. The molecule has 1 aromatic rings. The average molecular weight is 415 g/mol. The van der Waals surface area contributed by atoms with Gasteiger partial charge >= 0.3 is 12.1 Å². The fourth-order valence-electron chi connectivity index (χ4n) is 2.53. The summed E-state index contributed by atoms with van der Waals surface area (Å²) < 4.78 is 11.5. The van der Waals surface area contributed by atoms with Crippen LogP contribution in [0.5, 0.6) is 0 Å². The van der Waals surface area contributed by atoms with E-state index in [2.05, 4.69) is 26.6 Å². The molecule has 25 heavy (non-hydrogen) atoms. The normalized spacial score (nSPS) is 20.6. The Kier molecular flexibility index (Phi) is 6.29. The third-order valence-electron chi connectivity index (χ3n) is 3.61. The van der Waals surface area contributed by atoms with Gasteiger partial charge in [-0.05, 0) is 45.4 Å². The number of carbonyl (C=O) groups is 2. The third kappa shape index (κ3) is 5.89. The van der Waals surface area contributed by atoms with Gasteiger partial charge in [-0.3, -0.25) is 0 Å². The summed E-state index contributed by atoms with van der Waals surface area (Å²) in [6.45, 7) is 6.23. The van der Waals surface area contributed by atoms with E-state index in [0.29, 0.717) is 25.3 Å². The zero-order valence-electron chi connectivity index (χ0n) is 14.5. The van der Waals surface area contributed by atoms with Crippen LogP contribution < -0.4 is 10.6 Å². The molecule has 8 heteroatoms. The largest absolute Gasteiger partial charge is 0.478 e. The number of carboxylic acids is 1. The molecule has 0 spiro atoms. The monoisotopic (exact) mass is 414 g/mol. The second-order valence-corrected chi connectivity index (χ2v) is 7.78. The Morgan fingerprint density at radius 2 is 2.04 bits per heavy atom. The van der Waals surface area contributed by atoms with Crippen LogP contribution >= 0.6 is 15.9 Å². The van der Waals surface area contributed by atoms with E-state index in [1.165, 1.54) is 6.07 Å². The lowest BCUT2D eigenvalue weighted by Gasteiger charge is -2.34. The first-order valence-corrected chi connectivity index (χ1v) is 8.81. The molecule has 2 atom stereocenters. The summed E-state index contributed by atoms with van der Waals surface area (Å²) in [5, 5.41) is 15.4. The van der Waals surface area contributed by atoms with Crippen LogP contribution in [0, 0.1) is 0 Å². The summed E-state index contributed by atoms with van der Waals surface area (Å²) in [5.41, 5.74) is 0.0685. The molecule has 7 nitrogen and oxygen atoms in total. The number of nitrogens with one attached hydrogen (secondary N) is 2. The highest BCUT2D eigenvalue weighted by Gasteiger charge is 2.30. The quantitative estimate of drug-likeness (QED) is 0.699. The van der Waals surface area contributed by atoms with Crippen molar-refractivity contribution in [3.05, 3.63) is 28.2 Å². The van der Waals surface area contributed by atoms with Crippen LogP contribution in [0.25, 0.3) is 0 Å². The summed E-state index contributed by atoms with van der Waals surface area (Å²) in [4.78, 5) is 23.5. The smallest absolute Gasteiger partial charge is 0.408 e. The lowest BCUT2D eigenvalue weighted by molar-refractivity contribution is 0.0317. The molecule has 138 valence electrons. The molecule has 2 rings (SSSR count). The molecule has 3 N–H and O–H groups in total. The van der Waals surface area contributed by atoms with E-state index in [9.17, 15) is 14.7 Å². The summed E-state index contributed by atoms with van der Waals surface area (Å²) in [7, 11) is 0. The van der Waals surface area contributed by atoms with Gasteiger partial charge in [-0.2, -0.15) is 0 Å². The van der Waals surface area contributed by atoms with E-state index in [-0.39, 0.29) is 17.6 Å². The van der Waals surface area contributed by atoms with Gasteiger partial charge in [0.25, 0.3) is 0 Å². The first kappa shape index (κ1) is 19.5. The summed E-state index contributed by atoms with van der Waals surface area (Å²) in [6, 6.07) is 4.42. The molecule has 1 aliphatic heterocycles. The Morgan fingerprint density at radius 1 is 1.32 bits per heavy atom. The fraction of sp³-hybridized carbons (Fsp3) is 0.529. The molecular weight excluding hydrogens is 392 g/mol. The molecule has 0 saturated carbocycles. The van der Waals surface area contributed by atoms with E-state index >= 15 is 0 Å². The summed E-state index contributed by atoms with van der Waals surface area (Å²) >= 11 is 3.35. The summed E-state index contributed by atoms with van der Waals surface area (Å²) in [6.07, 6.45) is 0.106. The molecule has 1 aliphatic rings. The molecule has 1 heterocycles. The number of ether oxygens (including phenoxy) is 2. The second kappa shape index (κ2) is 8.05. The number of rotatable bonds is 4. The van der Waals surface area contributed by atoms with E-state index in [4.69, 9.17) is 9.47 Å². The molecule has 1 saturated heterocycles. The van der Waals surface area contributed by atoms with Crippen LogP contribution in [0.1, 0.15) is 37.6 Å². The van der Waals surface area contributed by atoms with E-state index in [1.807, 2.05) is 0 Å². The lowest BCUT2D eigenvalue weighted by Crippen LogP contribution is -2.53. The van der Waals surface area contributed by atoms with Crippen molar-refractivity contribution in [2.24, 2.45) is 0 Å². The maximum Gasteiger partial charge on any atom is 0.408 e. The average Bonchev–Trinajstić information content (AvgIpc) is 2.47. The number of hydrogen-bond donors (Lipinski definition) is 3. The van der Waals surface area contributed by atoms with Crippen molar-refractivity contribution >= 4 is 33.7 Å². The van der Waals surface area contributed by atoms with Crippen LogP contribution in [0.3, 0.4) is 0 Å². The van der Waals surface area contributed by atoms with E-state index in [1.54, 1.807) is 32.9 Å². The van der Waals surface area contributed by atoms with Gasteiger partial charge < -0.3 is 25.2 Å². The predicted octanol–water partition coefficient (Wildman–Crippen LogP) is 3.24. The zero-order valence-corrected chi connectivity index (χ0v) is 16.1. The van der Waals surface area contributed by atoms with Crippen LogP contribution in [0.2, 0.25) is 0 Å². The Labute approximate surface area is 155 Å². The highest BCUT2D eigenvalue weighted by atomic mass is 79.9. The Hall–Kier alpha value is -1.80. The predicted molar refractivity (Wildman–Crippen MR) is 97.1 cm³/mol. The number of alkyl carbamates (subject to hydrolysis) is 1. The molecule has 0 radical (unpaired) electrons. The van der Waals surface area contributed by atoms with Gasteiger partial charge in [0.05, 0.1) is 29.9 Å². The van der Waals surface area contributed by atoms with Crippen LogP contribution in [0.15, 0.2) is 22.7 Å². The van der Waals surface area contributed by atoms with Gasteiger partial charge in [-0.15, -0.1) is 0 Å². The molecular formula is C17H23BrN2O5. The maximum atomic E-state index is 12.0. The number of carboxylic acid groups (broad SMARTS) is 1. The topological polar surface area (TPSA) is 96.9 Å². The number of anilines is 1. The van der Waals surface area contributed by atoms with Crippen molar-refractivity contribution in [1.29, 1.82) is 0 Å². The van der Waals surface area contributed by atoms with Crippen molar-refractivity contribution in [3.63, 3.8) is 0 Å². The minimum Gasteiger partial charge on any atom is -0.478 e. The zero-order chi connectivity index (χ0) is 18.6. The maximum absolute atomic E-state index is 12.0. The standard InChI is InChI=1S/C17H23BrN2O5/c1-17(2,3)25-16(23)20-14-9-24-7-6-12(14)19-13-8-10(18)4-5-11(13)15(21)22/h4-5,8,12,14,19H,6-7,9H2,1-3H3,(H,20,23)(H,21,22)/t12-,14+/m1/s1. The van der Waals surface area contributed by atoms with Gasteiger partial charge in [0.2, 0.25) is 0 Å². The van der Waals surface area contributed by atoms with Gasteiger partial charge in [-0.25, -0.2) is 9.59 Å². The van der Waals surface area contributed by atoms with Gasteiger partial charge in [0.1, 0.15) is 5.60 Å². The molecule has 0 unspecified atom stereocenters. The minimum absolute atomic E-state index is 0.172. The summed E-state index contributed by atoms with van der Waals surface area (Å²) in [5.74, 6) is -1.02. The molecule has 0 aromatic heterocycles. The number of amides is 1. The lowest BCUT2D eigenvalue weighted by atomic mass is 10.0. The number of hydrogen-bond acceptors (Lipinski definition) is 5.